The first-order chi connectivity index (χ1) is 19.1. The number of rotatable bonds is 14. The molecule has 0 heterocycles. The quantitative estimate of drug-likeness (QED) is 0.122. The van der Waals surface area contributed by atoms with Crippen LogP contribution in [0.4, 0.5) is 14.4 Å². The molecule has 1 aliphatic carbocycles. The van der Waals surface area contributed by atoms with Crippen LogP contribution in [-0.4, -0.2) is 60.6 Å². The molecule has 2 atom stereocenters. The average molecular weight is 568 g/mol. The van der Waals surface area contributed by atoms with Gasteiger partial charge in [-0.25, -0.2) is 19.2 Å². The van der Waals surface area contributed by atoms with Gasteiger partial charge < -0.3 is 33.5 Å². The number of carboxylic acids is 1. The molecule has 0 saturated heterocycles. The molecule has 40 heavy (non-hydrogen) atoms. The molecule has 224 valence electrons. The second-order valence-corrected chi connectivity index (χ2v) is 9.67. The second kappa shape index (κ2) is 16.5. The number of hydrogen-bond donors (Lipinski definition) is 2. The number of ether oxygens (including phenoxy) is 6. The highest BCUT2D eigenvalue weighted by Crippen LogP contribution is 2.32. The number of nitrogens with one attached hydrogen (secondary N) is 1. The third-order valence-electron chi connectivity index (χ3n) is 6.21. The Morgan fingerprint density at radius 3 is 2.08 bits per heavy atom. The highest BCUT2D eigenvalue weighted by atomic mass is 16.8. The molecule has 0 spiro atoms. The van der Waals surface area contributed by atoms with Crippen LogP contribution in [0.2, 0.25) is 0 Å². The summed E-state index contributed by atoms with van der Waals surface area (Å²) >= 11 is 0. The van der Waals surface area contributed by atoms with Gasteiger partial charge in [-0.3, -0.25) is 5.32 Å². The maximum absolute atomic E-state index is 12.8. The van der Waals surface area contributed by atoms with Crippen LogP contribution in [0, 0.1) is 0 Å². The van der Waals surface area contributed by atoms with Gasteiger partial charge in [-0.1, -0.05) is 33.3 Å². The van der Waals surface area contributed by atoms with Gasteiger partial charge in [0.15, 0.2) is 11.5 Å². The van der Waals surface area contributed by atoms with Crippen LogP contribution >= 0.6 is 0 Å². The fraction of sp³-hybridized carbons (Fsp3) is 0.643. The fourth-order valence-electron chi connectivity index (χ4n) is 4.01. The second-order valence-electron chi connectivity index (χ2n) is 9.67. The van der Waals surface area contributed by atoms with Crippen molar-refractivity contribution in [3.8, 4) is 11.5 Å². The first-order valence-electron chi connectivity index (χ1n) is 13.8. The van der Waals surface area contributed by atoms with Gasteiger partial charge in [0.1, 0.15) is 6.10 Å². The monoisotopic (exact) mass is 567 g/mol. The summed E-state index contributed by atoms with van der Waals surface area (Å²) in [5, 5.41) is 13.2. The first kappa shape index (κ1) is 32.7. The van der Waals surface area contributed by atoms with Gasteiger partial charge in [0.2, 0.25) is 0 Å². The van der Waals surface area contributed by atoms with E-state index in [1.165, 1.54) is 18.2 Å². The summed E-state index contributed by atoms with van der Waals surface area (Å²) in [5.74, 6) is -1.80. The molecule has 2 N–H and O–H groups in total. The van der Waals surface area contributed by atoms with Gasteiger partial charge >= 0.3 is 24.4 Å². The van der Waals surface area contributed by atoms with E-state index in [1.54, 1.807) is 13.8 Å². The van der Waals surface area contributed by atoms with Crippen LogP contribution in [0.5, 0.6) is 11.5 Å². The molecule has 0 aliphatic heterocycles. The summed E-state index contributed by atoms with van der Waals surface area (Å²) < 4.78 is 31.3. The van der Waals surface area contributed by atoms with E-state index in [2.05, 4.69) is 5.32 Å². The summed E-state index contributed by atoms with van der Waals surface area (Å²) in [6, 6.07) is 3.73. The molecule has 2 rings (SSSR count). The van der Waals surface area contributed by atoms with Crippen LogP contribution in [0.25, 0.3) is 0 Å². The van der Waals surface area contributed by atoms with Crippen molar-refractivity contribution in [2.24, 2.45) is 0 Å². The third kappa shape index (κ3) is 10.6. The Morgan fingerprint density at radius 2 is 1.52 bits per heavy atom. The molecule has 0 amide bonds. The molecule has 0 aromatic heterocycles. The number of aliphatic carboxylic acids is 1. The summed E-state index contributed by atoms with van der Waals surface area (Å²) in [6.07, 6.45) is 2.07. The molecule has 1 unspecified atom stereocenters. The van der Waals surface area contributed by atoms with E-state index in [-0.39, 0.29) is 48.8 Å². The van der Waals surface area contributed by atoms with Gasteiger partial charge in [0.25, 0.3) is 5.72 Å². The molecule has 1 aliphatic rings. The van der Waals surface area contributed by atoms with Crippen molar-refractivity contribution in [2.75, 3.05) is 13.2 Å². The van der Waals surface area contributed by atoms with Crippen LogP contribution in [0.3, 0.4) is 0 Å². The molecule has 1 aromatic rings. The lowest BCUT2D eigenvalue weighted by Crippen LogP contribution is -2.59. The van der Waals surface area contributed by atoms with Crippen LogP contribution in [0.1, 0.15) is 84.6 Å². The van der Waals surface area contributed by atoms with Crippen molar-refractivity contribution >= 4 is 24.4 Å². The smallest absolute Gasteiger partial charge is 0.477 e. The first-order valence-corrected chi connectivity index (χ1v) is 13.8. The van der Waals surface area contributed by atoms with Gasteiger partial charge in [-0.05, 0) is 69.6 Å². The Hall–Kier alpha value is -3.54. The molecule has 0 bridgehead atoms. The number of hydrogen-bond acceptors (Lipinski definition) is 11. The van der Waals surface area contributed by atoms with Gasteiger partial charge in [0.05, 0.1) is 13.2 Å². The molecular weight excluding hydrogens is 526 g/mol. The van der Waals surface area contributed by atoms with Gasteiger partial charge in [-0.2, -0.15) is 0 Å². The third-order valence-corrected chi connectivity index (χ3v) is 6.21. The van der Waals surface area contributed by atoms with Crippen molar-refractivity contribution < 1.29 is 52.7 Å². The Bertz CT molecular complexity index is 992. The predicted molar refractivity (Wildman–Crippen MR) is 142 cm³/mol. The maximum atomic E-state index is 12.8. The van der Waals surface area contributed by atoms with Gasteiger partial charge in [0, 0.05) is 12.5 Å². The van der Waals surface area contributed by atoms with E-state index < -0.39 is 30.2 Å². The zero-order valence-corrected chi connectivity index (χ0v) is 23.7. The van der Waals surface area contributed by atoms with E-state index in [0.29, 0.717) is 32.1 Å². The van der Waals surface area contributed by atoms with Crippen molar-refractivity contribution in [3.63, 3.8) is 0 Å². The highest BCUT2D eigenvalue weighted by molar-refractivity contribution is 5.80. The molecule has 12 heteroatoms. The van der Waals surface area contributed by atoms with Crippen LogP contribution in [0.15, 0.2) is 18.2 Å². The van der Waals surface area contributed by atoms with E-state index in [9.17, 15) is 24.3 Å². The molecular formula is C28H41NO11. The maximum Gasteiger partial charge on any atom is 0.513 e. The Morgan fingerprint density at radius 1 is 0.925 bits per heavy atom. The lowest BCUT2D eigenvalue weighted by Gasteiger charge is -2.33. The SMILES string of the molecule is CCCOC(=O)Oc1ccc(C[C@](NC(C)CC)(OC(=O)OC2CCCCC2)C(=O)O)cc1OC(=O)OCCC. The lowest BCUT2D eigenvalue weighted by molar-refractivity contribution is -0.168. The van der Waals surface area contributed by atoms with Crippen molar-refractivity contribution in [1.82, 2.24) is 5.32 Å². The Balaban J connectivity index is 2.37. The minimum atomic E-state index is -2.20. The average Bonchev–Trinajstić information content (AvgIpc) is 2.92. The highest BCUT2D eigenvalue weighted by Gasteiger charge is 2.45. The minimum Gasteiger partial charge on any atom is -0.477 e. The largest absolute Gasteiger partial charge is 0.513 e. The van der Waals surface area contributed by atoms with E-state index >= 15 is 0 Å². The zero-order chi connectivity index (χ0) is 29.5. The number of carbonyl (C=O) groups is 4. The molecule has 1 aromatic carbocycles. The normalized spacial score (nSPS) is 15.7. The standard InChI is InChI=1S/C28H41NO11/c1-5-15-35-25(32)38-22-14-13-20(17-23(22)39-26(33)36-16-6-2)18-28(24(30)31,29-19(4)7-3)40-27(34)37-21-11-9-8-10-12-21/h13-14,17,19,21,29H,5-12,15-16,18H2,1-4H3,(H,30,31)/t19?,28-/m0/s1. The summed E-state index contributed by atoms with van der Waals surface area (Å²) in [4.78, 5) is 49.6. The summed E-state index contributed by atoms with van der Waals surface area (Å²) in [5.41, 5.74) is -1.92. The van der Waals surface area contributed by atoms with Crippen molar-refractivity contribution in [3.05, 3.63) is 23.8 Å². The zero-order valence-electron chi connectivity index (χ0n) is 23.7. The minimum absolute atomic E-state index is 0.102. The summed E-state index contributed by atoms with van der Waals surface area (Å²) in [7, 11) is 0. The Kier molecular flexibility index (Phi) is 13.5. The number of carboxylic acid groups (broad SMARTS) is 1. The van der Waals surface area contributed by atoms with Gasteiger partial charge in [-0.15, -0.1) is 0 Å². The summed E-state index contributed by atoms with van der Waals surface area (Å²) in [6.45, 7) is 7.46. The lowest BCUT2D eigenvalue weighted by atomic mass is 9.98. The Labute approximate surface area is 234 Å². The molecule has 12 nitrogen and oxygen atoms in total. The molecule has 1 saturated carbocycles. The number of benzene rings is 1. The fourth-order valence-corrected chi connectivity index (χ4v) is 4.01. The van der Waals surface area contributed by atoms with Crippen LogP contribution in [-0.2, 0) is 30.2 Å². The van der Waals surface area contributed by atoms with E-state index in [4.69, 9.17) is 28.4 Å². The number of carbonyl (C=O) groups excluding carboxylic acids is 3. The molecule has 1 fully saturated rings. The topological polar surface area (TPSA) is 156 Å². The van der Waals surface area contributed by atoms with E-state index in [1.807, 2.05) is 13.8 Å². The van der Waals surface area contributed by atoms with Crippen molar-refractivity contribution in [1.29, 1.82) is 0 Å². The predicted octanol–water partition coefficient (Wildman–Crippen LogP) is 5.73. The van der Waals surface area contributed by atoms with Crippen LogP contribution < -0.4 is 14.8 Å². The van der Waals surface area contributed by atoms with E-state index in [0.717, 1.165) is 19.3 Å². The molecule has 0 radical (unpaired) electrons. The van der Waals surface area contributed by atoms with Crippen molar-refractivity contribution in [2.45, 2.75) is 103 Å².